The van der Waals surface area contributed by atoms with E-state index in [1.807, 2.05) is 0 Å². The molecule has 2 unspecified atom stereocenters. The van der Waals surface area contributed by atoms with Gasteiger partial charge in [0.2, 0.25) is 0 Å². The van der Waals surface area contributed by atoms with Gasteiger partial charge in [0, 0.05) is 37.8 Å². The third-order valence-electron chi connectivity index (χ3n) is 6.06. The molecule has 9 heteroatoms. The topological polar surface area (TPSA) is 131 Å². The predicted molar refractivity (Wildman–Crippen MR) is 114 cm³/mol. The van der Waals surface area contributed by atoms with Crippen LogP contribution in [0.4, 0.5) is 11.4 Å². The zero-order valence-electron chi connectivity index (χ0n) is 17.5. The quantitative estimate of drug-likeness (QED) is 0.350. The maximum atomic E-state index is 12.8. The smallest absolute Gasteiger partial charge is 0.293 e. The van der Waals surface area contributed by atoms with Gasteiger partial charge in [-0.25, -0.2) is 0 Å². The van der Waals surface area contributed by atoms with Gasteiger partial charge in [-0.05, 0) is 44.9 Å². The summed E-state index contributed by atoms with van der Waals surface area (Å²) >= 11 is 0. The Balaban J connectivity index is 1.57. The zero-order valence-corrected chi connectivity index (χ0v) is 17.5. The van der Waals surface area contributed by atoms with E-state index in [1.165, 1.54) is 18.6 Å². The van der Waals surface area contributed by atoms with Crippen LogP contribution in [-0.2, 0) is 0 Å². The molecule has 1 aromatic rings. The Morgan fingerprint density at radius 1 is 1.33 bits per heavy atom. The van der Waals surface area contributed by atoms with Crippen molar-refractivity contribution in [3.05, 3.63) is 27.8 Å². The number of piperidine rings is 1. The first kappa shape index (κ1) is 22.3. The van der Waals surface area contributed by atoms with E-state index in [1.54, 1.807) is 6.92 Å². The van der Waals surface area contributed by atoms with E-state index in [2.05, 4.69) is 10.2 Å². The molecule has 0 aromatic heterocycles. The van der Waals surface area contributed by atoms with Crippen molar-refractivity contribution in [2.45, 2.75) is 57.6 Å². The molecular formula is C21H32N4O5. The van der Waals surface area contributed by atoms with Crippen molar-refractivity contribution in [3.63, 3.8) is 0 Å². The van der Waals surface area contributed by atoms with Crippen LogP contribution in [0.3, 0.4) is 0 Å². The average molecular weight is 421 g/mol. The minimum absolute atomic E-state index is 0.0109. The first-order chi connectivity index (χ1) is 14.4. The number of rotatable bonds is 7. The van der Waals surface area contributed by atoms with Crippen molar-refractivity contribution < 1.29 is 19.6 Å². The molecule has 166 valence electrons. The number of nitrogens with zero attached hydrogens (tertiary/aromatic N) is 2. The molecule has 9 nitrogen and oxygen atoms in total. The largest absolute Gasteiger partial charge is 0.493 e. The first-order valence-electron chi connectivity index (χ1n) is 10.8. The van der Waals surface area contributed by atoms with E-state index in [9.17, 15) is 20.0 Å². The molecule has 1 aromatic carbocycles. The molecule has 3 rings (SSSR count). The SMILES string of the molecule is CCOc1cc(N)c([N+](=O)[O-])cc1C(=O)NC1CCN(CC2CCCC(O)C2)CC1. The number of nitro benzene ring substituents is 1. The summed E-state index contributed by atoms with van der Waals surface area (Å²) in [7, 11) is 0. The van der Waals surface area contributed by atoms with Crippen LogP contribution in [0.25, 0.3) is 0 Å². The number of amides is 1. The molecular weight excluding hydrogens is 388 g/mol. The van der Waals surface area contributed by atoms with Crippen molar-refractivity contribution in [3.8, 4) is 5.75 Å². The number of carbonyl (C=O) groups is 1. The van der Waals surface area contributed by atoms with Crippen LogP contribution in [0.2, 0.25) is 0 Å². The van der Waals surface area contributed by atoms with Gasteiger partial charge in [-0.1, -0.05) is 6.42 Å². The zero-order chi connectivity index (χ0) is 21.7. The molecule has 0 spiro atoms. The van der Waals surface area contributed by atoms with Gasteiger partial charge in [-0.3, -0.25) is 14.9 Å². The summed E-state index contributed by atoms with van der Waals surface area (Å²) in [5.74, 6) is 0.422. The molecule has 1 amide bonds. The highest BCUT2D eigenvalue weighted by atomic mass is 16.6. The van der Waals surface area contributed by atoms with Crippen molar-refractivity contribution in [1.29, 1.82) is 0 Å². The standard InChI is InChI=1S/C21H32N4O5/c1-2-30-20-12-18(22)19(25(28)29)11-17(20)21(27)23-15-6-8-24(9-7-15)13-14-4-3-5-16(26)10-14/h11-12,14-16,26H,2-10,13,22H2,1H3,(H,23,27). The fraction of sp³-hybridized carbons (Fsp3) is 0.667. The van der Waals surface area contributed by atoms with E-state index in [0.717, 1.165) is 51.7 Å². The Kier molecular flexibility index (Phi) is 7.49. The van der Waals surface area contributed by atoms with E-state index >= 15 is 0 Å². The maximum Gasteiger partial charge on any atom is 0.293 e. The Morgan fingerprint density at radius 2 is 2.07 bits per heavy atom. The first-order valence-corrected chi connectivity index (χ1v) is 10.8. The summed E-state index contributed by atoms with van der Waals surface area (Å²) in [5, 5.41) is 24.1. The number of nitrogens with one attached hydrogen (secondary N) is 1. The Morgan fingerprint density at radius 3 is 2.70 bits per heavy atom. The summed E-state index contributed by atoms with van der Waals surface area (Å²) in [4.78, 5) is 25.9. The number of carbonyl (C=O) groups excluding carboxylic acids is 1. The van der Waals surface area contributed by atoms with Crippen molar-refractivity contribution in [2.75, 3.05) is 32.0 Å². The molecule has 1 saturated carbocycles. The van der Waals surface area contributed by atoms with Gasteiger partial charge in [0.1, 0.15) is 11.4 Å². The summed E-state index contributed by atoms with van der Waals surface area (Å²) in [6.45, 7) is 4.87. The molecule has 0 radical (unpaired) electrons. The fourth-order valence-corrected chi connectivity index (χ4v) is 4.51. The van der Waals surface area contributed by atoms with Crippen LogP contribution in [0.5, 0.6) is 5.75 Å². The van der Waals surface area contributed by atoms with Crippen molar-refractivity contribution in [2.24, 2.45) is 5.92 Å². The summed E-state index contributed by atoms with van der Waals surface area (Å²) in [6, 6.07) is 2.55. The van der Waals surface area contributed by atoms with Gasteiger partial charge in [0.15, 0.2) is 0 Å². The highest BCUT2D eigenvalue weighted by molar-refractivity contribution is 5.98. The minimum atomic E-state index is -0.595. The highest BCUT2D eigenvalue weighted by Gasteiger charge is 2.27. The van der Waals surface area contributed by atoms with Crippen LogP contribution in [0.1, 0.15) is 55.8 Å². The second kappa shape index (κ2) is 10.1. The van der Waals surface area contributed by atoms with Gasteiger partial charge in [-0.2, -0.15) is 0 Å². The Bertz CT molecular complexity index is 764. The van der Waals surface area contributed by atoms with Gasteiger partial charge in [-0.15, -0.1) is 0 Å². The van der Waals surface area contributed by atoms with Gasteiger partial charge in [0.05, 0.1) is 23.2 Å². The molecule has 2 atom stereocenters. The fourth-order valence-electron chi connectivity index (χ4n) is 4.51. The summed E-state index contributed by atoms with van der Waals surface area (Å²) in [5.41, 5.74) is 5.54. The number of aliphatic hydroxyl groups is 1. The highest BCUT2D eigenvalue weighted by Crippen LogP contribution is 2.31. The molecule has 1 saturated heterocycles. The molecule has 30 heavy (non-hydrogen) atoms. The second-order valence-electron chi connectivity index (χ2n) is 8.33. The van der Waals surface area contributed by atoms with Crippen LogP contribution in [-0.4, -0.2) is 59.2 Å². The number of ether oxygens (including phenoxy) is 1. The van der Waals surface area contributed by atoms with E-state index < -0.39 is 4.92 Å². The lowest BCUT2D eigenvalue weighted by Crippen LogP contribution is -2.46. The molecule has 1 aliphatic carbocycles. The maximum absolute atomic E-state index is 12.8. The third kappa shape index (κ3) is 5.60. The van der Waals surface area contributed by atoms with Gasteiger partial charge >= 0.3 is 0 Å². The monoisotopic (exact) mass is 420 g/mol. The van der Waals surface area contributed by atoms with Crippen LogP contribution < -0.4 is 15.8 Å². The van der Waals surface area contributed by atoms with Gasteiger partial charge in [0.25, 0.3) is 11.6 Å². The molecule has 2 fully saturated rings. The number of hydrogen-bond donors (Lipinski definition) is 3. The van der Waals surface area contributed by atoms with Crippen molar-refractivity contribution >= 4 is 17.3 Å². The van der Waals surface area contributed by atoms with Crippen LogP contribution in [0.15, 0.2) is 12.1 Å². The Hall–Kier alpha value is -2.39. The minimum Gasteiger partial charge on any atom is -0.493 e. The summed E-state index contributed by atoms with van der Waals surface area (Å²) < 4.78 is 5.48. The predicted octanol–water partition coefficient (Wildman–Crippen LogP) is 2.32. The van der Waals surface area contributed by atoms with Crippen LogP contribution >= 0.6 is 0 Å². The molecule has 0 bridgehead atoms. The number of nitrogen functional groups attached to an aromatic ring is 1. The number of hydrogen-bond acceptors (Lipinski definition) is 7. The second-order valence-corrected chi connectivity index (χ2v) is 8.33. The molecule has 1 heterocycles. The number of anilines is 1. The number of aliphatic hydroxyl groups excluding tert-OH is 1. The van der Waals surface area contributed by atoms with E-state index in [0.29, 0.717) is 12.5 Å². The number of nitro groups is 1. The van der Waals surface area contributed by atoms with Gasteiger partial charge < -0.3 is 25.8 Å². The normalized spacial score (nSPS) is 23.1. The molecule has 4 N–H and O–H groups in total. The lowest BCUT2D eigenvalue weighted by molar-refractivity contribution is -0.383. The lowest BCUT2D eigenvalue weighted by atomic mass is 9.86. The molecule has 1 aliphatic heterocycles. The van der Waals surface area contributed by atoms with E-state index in [-0.39, 0.29) is 40.7 Å². The average Bonchev–Trinajstić information content (AvgIpc) is 2.69. The van der Waals surface area contributed by atoms with Crippen molar-refractivity contribution in [1.82, 2.24) is 10.2 Å². The lowest BCUT2D eigenvalue weighted by Gasteiger charge is -2.36. The third-order valence-corrected chi connectivity index (χ3v) is 6.06. The van der Waals surface area contributed by atoms with E-state index in [4.69, 9.17) is 10.5 Å². The molecule has 2 aliphatic rings. The number of nitrogens with two attached hydrogens (primary N) is 1. The summed E-state index contributed by atoms with van der Waals surface area (Å²) in [6.07, 6.45) is 5.54. The van der Waals surface area contributed by atoms with Crippen LogP contribution in [0, 0.1) is 16.0 Å². The number of benzene rings is 1. The number of likely N-dealkylation sites (tertiary alicyclic amines) is 1. The Labute approximate surface area is 176 Å².